The van der Waals surface area contributed by atoms with E-state index < -0.39 is 0 Å². The molecule has 3 N–H and O–H groups in total. The minimum absolute atomic E-state index is 0.495. The summed E-state index contributed by atoms with van der Waals surface area (Å²) in [6.45, 7) is 5.27. The lowest BCUT2D eigenvalue weighted by Crippen LogP contribution is -2.22. The highest BCUT2D eigenvalue weighted by Crippen LogP contribution is 2.08. The van der Waals surface area contributed by atoms with Crippen molar-refractivity contribution in [3.63, 3.8) is 0 Å². The Bertz CT molecular complexity index is 349. The van der Waals surface area contributed by atoms with Crippen molar-refractivity contribution in [2.45, 2.75) is 20.3 Å². The van der Waals surface area contributed by atoms with Gasteiger partial charge in [-0.1, -0.05) is 32.0 Å². The first-order valence-electron chi connectivity index (χ1n) is 6.38. The van der Waals surface area contributed by atoms with E-state index >= 15 is 0 Å². The van der Waals surface area contributed by atoms with Crippen LogP contribution in [0, 0.1) is 5.92 Å². The molecular weight excluding hydrogens is 242 g/mol. The van der Waals surface area contributed by atoms with Crippen molar-refractivity contribution in [1.82, 2.24) is 0 Å². The zero-order chi connectivity index (χ0) is 13.2. The monoisotopic (exact) mass is 265 g/mol. The highest BCUT2D eigenvalue weighted by atomic mass is 32.2. The maximum atomic E-state index is 5.80. The summed E-state index contributed by atoms with van der Waals surface area (Å²) in [6.07, 6.45) is 1.08. The van der Waals surface area contributed by atoms with Gasteiger partial charge in [-0.2, -0.15) is 11.8 Å². The average molecular weight is 265 g/mol. The van der Waals surface area contributed by atoms with E-state index in [4.69, 9.17) is 5.73 Å². The molecule has 100 valence electrons. The second-order valence-electron chi connectivity index (χ2n) is 4.58. The van der Waals surface area contributed by atoms with Gasteiger partial charge >= 0.3 is 0 Å². The number of para-hydroxylation sites is 1. The lowest BCUT2D eigenvalue weighted by molar-refractivity contribution is 0.749. The molecular formula is C14H23N3S. The number of hydrogen-bond acceptors (Lipinski definition) is 2. The molecule has 0 saturated heterocycles. The molecule has 0 aliphatic heterocycles. The van der Waals surface area contributed by atoms with Gasteiger partial charge in [0.2, 0.25) is 0 Å². The van der Waals surface area contributed by atoms with Crippen LogP contribution < -0.4 is 11.1 Å². The Kier molecular flexibility index (Phi) is 7.34. The quantitative estimate of drug-likeness (QED) is 0.452. The van der Waals surface area contributed by atoms with Crippen LogP contribution in [-0.2, 0) is 0 Å². The van der Waals surface area contributed by atoms with Gasteiger partial charge in [-0.25, -0.2) is 0 Å². The molecule has 0 spiro atoms. The standard InChI is InChI=1S/C14H23N3S/c1-12(2)11-18-10-6-9-16-14(15)17-13-7-4-3-5-8-13/h3-5,7-8,12H,6,9-11H2,1-2H3,(H3,15,16,17). The van der Waals surface area contributed by atoms with Crippen LogP contribution >= 0.6 is 11.8 Å². The molecule has 0 aliphatic carbocycles. The molecule has 0 bridgehead atoms. The van der Waals surface area contributed by atoms with Crippen LogP contribution in [-0.4, -0.2) is 24.0 Å². The number of rotatable bonds is 7. The van der Waals surface area contributed by atoms with Gasteiger partial charge in [0.1, 0.15) is 0 Å². The number of nitrogens with one attached hydrogen (secondary N) is 1. The summed E-state index contributed by atoms with van der Waals surface area (Å²) in [4.78, 5) is 4.31. The molecule has 0 amide bonds. The van der Waals surface area contributed by atoms with Gasteiger partial charge in [-0.3, -0.25) is 4.99 Å². The molecule has 0 saturated carbocycles. The first-order valence-corrected chi connectivity index (χ1v) is 7.53. The number of thioether (sulfide) groups is 1. The van der Waals surface area contributed by atoms with Gasteiger partial charge in [-0.15, -0.1) is 0 Å². The van der Waals surface area contributed by atoms with Gasteiger partial charge in [0.25, 0.3) is 0 Å². The van der Waals surface area contributed by atoms with E-state index in [1.165, 1.54) is 5.75 Å². The van der Waals surface area contributed by atoms with Crippen LogP contribution in [0.1, 0.15) is 20.3 Å². The summed E-state index contributed by atoms with van der Waals surface area (Å²) in [5.74, 6) is 3.64. The number of aliphatic imine (C=N–C) groups is 1. The van der Waals surface area contributed by atoms with Crippen molar-refractivity contribution in [3.8, 4) is 0 Å². The molecule has 18 heavy (non-hydrogen) atoms. The van der Waals surface area contributed by atoms with Crippen molar-refractivity contribution in [2.75, 3.05) is 23.4 Å². The molecule has 0 aliphatic rings. The molecule has 1 rings (SSSR count). The number of hydrogen-bond donors (Lipinski definition) is 2. The van der Waals surface area contributed by atoms with Crippen LogP contribution in [0.15, 0.2) is 35.3 Å². The van der Waals surface area contributed by atoms with Crippen molar-refractivity contribution in [1.29, 1.82) is 0 Å². The maximum absolute atomic E-state index is 5.80. The van der Waals surface area contributed by atoms with Gasteiger partial charge in [0.15, 0.2) is 5.96 Å². The number of anilines is 1. The smallest absolute Gasteiger partial charge is 0.193 e. The summed E-state index contributed by atoms with van der Waals surface area (Å²) in [7, 11) is 0. The van der Waals surface area contributed by atoms with E-state index in [0.29, 0.717) is 5.96 Å². The Labute approximate surface area is 114 Å². The predicted octanol–water partition coefficient (Wildman–Crippen LogP) is 3.19. The topological polar surface area (TPSA) is 50.4 Å². The number of nitrogens with two attached hydrogens (primary N) is 1. The third-order valence-electron chi connectivity index (χ3n) is 2.23. The minimum Gasteiger partial charge on any atom is -0.370 e. The SMILES string of the molecule is CC(C)CSCCCN=C(N)Nc1ccccc1. The second kappa shape index (κ2) is 8.86. The van der Waals surface area contributed by atoms with E-state index in [-0.39, 0.29) is 0 Å². The summed E-state index contributed by atoms with van der Waals surface area (Å²) >= 11 is 1.99. The molecule has 1 aromatic carbocycles. The molecule has 0 aromatic heterocycles. The van der Waals surface area contributed by atoms with Crippen molar-refractivity contribution in [2.24, 2.45) is 16.6 Å². The maximum Gasteiger partial charge on any atom is 0.193 e. The lowest BCUT2D eigenvalue weighted by Gasteiger charge is -2.05. The van der Waals surface area contributed by atoms with E-state index in [1.54, 1.807) is 0 Å². The Morgan fingerprint density at radius 3 is 2.72 bits per heavy atom. The Morgan fingerprint density at radius 1 is 1.33 bits per heavy atom. The van der Waals surface area contributed by atoms with Gasteiger partial charge in [-0.05, 0) is 36.0 Å². The second-order valence-corrected chi connectivity index (χ2v) is 5.73. The van der Waals surface area contributed by atoms with Gasteiger partial charge < -0.3 is 11.1 Å². The van der Waals surface area contributed by atoms with Crippen LogP contribution in [0.2, 0.25) is 0 Å². The van der Waals surface area contributed by atoms with Gasteiger partial charge in [0.05, 0.1) is 0 Å². The van der Waals surface area contributed by atoms with E-state index in [0.717, 1.165) is 30.3 Å². The molecule has 0 radical (unpaired) electrons. The van der Waals surface area contributed by atoms with Crippen molar-refractivity contribution >= 4 is 23.4 Å². The predicted molar refractivity (Wildman–Crippen MR) is 83.3 cm³/mol. The molecule has 3 nitrogen and oxygen atoms in total. The summed E-state index contributed by atoms with van der Waals surface area (Å²) < 4.78 is 0. The fourth-order valence-electron chi connectivity index (χ4n) is 1.39. The number of benzene rings is 1. The first-order chi connectivity index (χ1) is 8.68. The van der Waals surface area contributed by atoms with Crippen molar-refractivity contribution in [3.05, 3.63) is 30.3 Å². The van der Waals surface area contributed by atoms with Crippen LogP contribution in [0.5, 0.6) is 0 Å². The number of guanidine groups is 1. The molecule has 0 fully saturated rings. The Hall–Kier alpha value is -1.16. The Balaban J connectivity index is 2.14. The summed E-state index contributed by atoms with van der Waals surface area (Å²) in [6, 6.07) is 9.86. The zero-order valence-electron chi connectivity index (χ0n) is 11.2. The molecule has 0 unspecified atom stereocenters. The third kappa shape index (κ3) is 7.22. The zero-order valence-corrected chi connectivity index (χ0v) is 12.0. The lowest BCUT2D eigenvalue weighted by atomic mass is 10.3. The molecule has 0 atom stereocenters. The van der Waals surface area contributed by atoms with Crippen LogP contribution in [0.3, 0.4) is 0 Å². The molecule has 0 heterocycles. The van der Waals surface area contributed by atoms with E-state index in [9.17, 15) is 0 Å². The van der Waals surface area contributed by atoms with Crippen molar-refractivity contribution < 1.29 is 0 Å². The van der Waals surface area contributed by atoms with E-state index in [1.807, 2.05) is 42.1 Å². The largest absolute Gasteiger partial charge is 0.370 e. The van der Waals surface area contributed by atoms with Gasteiger partial charge in [0, 0.05) is 12.2 Å². The van der Waals surface area contributed by atoms with E-state index in [2.05, 4.69) is 24.2 Å². The fraction of sp³-hybridized carbons (Fsp3) is 0.500. The first kappa shape index (κ1) is 14.9. The summed E-state index contributed by atoms with van der Waals surface area (Å²) in [5.41, 5.74) is 6.78. The normalized spacial score (nSPS) is 11.8. The number of nitrogens with zero attached hydrogens (tertiary/aromatic N) is 1. The summed E-state index contributed by atoms with van der Waals surface area (Å²) in [5, 5.41) is 3.07. The highest BCUT2D eigenvalue weighted by molar-refractivity contribution is 7.99. The molecule has 1 aromatic rings. The third-order valence-corrected chi connectivity index (χ3v) is 3.71. The molecule has 4 heteroatoms. The fourth-order valence-corrected chi connectivity index (χ4v) is 2.37. The Morgan fingerprint density at radius 2 is 2.06 bits per heavy atom. The average Bonchev–Trinajstić information content (AvgIpc) is 2.34. The van der Waals surface area contributed by atoms with Crippen LogP contribution in [0.4, 0.5) is 5.69 Å². The minimum atomic E-state index is 0.495. The highest BCUT2D eigenvalue weighted by Gasteiger charge is 1.95. The van der Waals surface area contributed by atoms with Crippen LogP contribution in [0.25, 0.3) is 0 Å².